The Morgan fingerprint density at radius 3 is 2.03 bits per heavy atom. The minimum Gasteiger partial charge on any atom is -0.493 e. The second-order valence-electron chi connectivity index (χ2n) is 7.50. The van der Waals surface area contributed by atoms with E-state index in [1.165, 1.54) is 31.9 Å². The van der Waals surface area contributed by atoms with Gasteiger partial charge in [-0.25, -0.2) is 0 Å². The summed E-state index contributed by atoms with van der Waals surface area (Å²) in [7, 11) is 2.88. The lowest BCUT2D eigenvalue weighted by molar-refractivity contribution is -0.120. The van der Waals surface area contributed by atoms with Gasteiger partial charge >= 0.3 is 0 Å². The molecule has 0 radical (unpaired) electrons. The monoisotopic (exact) mass is 414 g/mol. The van der Waals surface area contributed by atoms with Crippen LogP contribution < -0.4 is 25.3 Å². The number of hydrogen-bond acceptors (Lipinski definition) is 5. The molecule has 0 aliphatic rings. The predicted molar refractivity (Wildman–Crippen MR) is 115 cm³/mol. The van der Waals surface area contributed by atoms with Crippen molar-refractivity contribution in [2.75, 3.05) is 20.8 Å². The van der Waals surface area contributed by atoms with Crippen LogP contribution >= 0.6 is 0 Å². The minimum atomic E-state index is -0.630. The molecule has 162 valence electrons. The molecule has 0 heterocycles. The van der Waals surface area contributed by atoms with Crippen molar-refractivity contribution >= 4 is 11.8 Å². The van der Waals surface area contributed by atoms with Crippen molar-refractivity contribution < 1.29 is 23.8 Å². The summed E-state index contributed by atoms with van der Waals surface area (Å²) in [6, 6.07) is 11.1. The van der Waals surface area contributed by atoms with Gasteiger partial charge in [0.2, 0.25) is 5.75 Å². The van der Waals surface area contributed by atoms with Crippen LogP contribution in [0.2, 0.25) is 0 Å². The Kier molecular flexibility index (Phi) is 8.09. The Bertz CT molecular complexity index is 853. The van der Waals surface area contributed by atoms with Gasteiger partial charge in [0.15, 0.2) is 18.1 Å². The molecule has 0 saturated heterocycles. The van der Waals surface area contributed by atoms with Gasteiger partial charge in [0.05, 0.1) is 20.3 Å². The van der Waals surface area contributed by atoms with Crippen molar-refractivity contribution in [3.63, 3.8) is 0 Å². The SMILES string of the molecule is COc1cc(C(=O)N[C@H](C)c2ccc(CC(C)C)cc2)cc(OC)c1OCC(N)=O. The third-order valence-corrected chi connectivity index (χ3v) is 4.55. The van der Waals surface area contributed by atoms with Crippen LogP contribution in [0.3, 0.4) is 0 Å². The number of carbonyl (C=O) groups is 2. The van der Waals surface area contributed by atoms with E-state index in [-0.39, 0.29) is 35.8 Å². The number of nitrogens with one attached hydrogen (secondary N) is 1. The van der Waals surface area contributed by atoms with E-state index in [1.54, 1.807) is 0 Å². The fourth-order valence-electron chi connectivity index (χ4n) is 3.07. The largest absolute Gasteiger partial charge is 0.493 e. The first-order valence-electron chi connectivity index (χ1n) is 9.82. The number of hydrogen-bond donors (Lipinski definition) is 2. The molecule has 30 heavy (non-hydrogen) atoms. The summed E-state index contributed by atoms with van der Waals surface area (Å²) in [5.41, 5.74) is 7.76. The van der Waals surface area contributed by atoms with E-state index >= 15 is 0 Å². The molecule has 0 saturated carbocycles. The molecule has 0 aliphatic carbocycles. The molecule has 0 bridgehead atoms. The normalized spacial score (nSPS) is 11.7. The van der Waals surface area contributed by atoms with Gasteiger partial charge in [-0.3, -0.25) is 9.59 Å². The maximum Gasteiger partial charge on any atom is 0.255 e. The standard InChI is InChI=1S/C23H30N2O5/c1-14(2)10-16-6-8-17(9-7-16)15(3)25-23(27)18-11-19(28-4)22(20(12-18)29-5)30-13-21(24)26/h6-9,11-12,14-15H,10,13H2,1-5H3,(H2,24,26)(H,25,27)/t15-/m1/s1. The van der Waals surface area contributed by atoms with Crippen LogP contribution in [0.4, 0.5) is 0 Å². The van der Waals surface area contributed by atoms with Gasteiger partial charge in [-0.2, -0.15) is 0 Å². The van der Waals surface area contributed by atoms with Gasteiger partial charge in [-0.05, 0) is 42.5 Å². The van der Waals surface area contributed by atoms with Crippen LogP contribution in [-0.4, -0.2) is 32.6 Å². The smallest absolute Gasteiger partial charge is 0.255 e. The molecule has 7 nitrogen and oxygen atoms in total. The third-order valence-electron chi connectivity index (χ3n) is 4.55. The molecule has 0 aromatic heterocycles. The maximum atomic E-state index is 12.8. The summed E-state index contributed by atoms with van der Waals surface area (Å²) in [6.07, 6.45) is 1.02. The van der Waals surface area contributed by atoms with E-state index in [1.807, 2.05) is 19.1 Å². The van der Waals surface area contributed by atoms with Crippen molar-refractivity contribution in [1.29, 1.82) is 0 Å². The Morgan fingerprint density at radius 2 is 1.57 bits per heavy atom. The van der Waals surface area contributed by atoms with E-state index in [0.29, 0.717) is 11.5 Å². The highest BCUT2D eigenvalue weighted by Gasteiger charge is 2.19. The molecule has 3 N–H and O–H groups in total. The lowest BCUT2D eigenvalue weighted by Gasteiger charge is -2.18. The summed E-state index contributed by atoms with van der Waals surface area (Å²) in [5, 5.41) is 2.98. The van der Waals surface area contributed by atoms with Crippen molar-refractivity contribution in [3.8, 4) is 17.2 Å². The Morgan fingerprint density at radius 1 is 1.00 bits per heavy atom. The summed E-state index contributed by atoms with van der Waals surface area (Å²) in [4.78, 5) is 23.8. The predicted octanol–water partition coefficient (Wildman–Crippen LogP) is 3.26. The number of nitrogens with two attached hydrogens (primary N) is 1. The van der Waals surface area contributed by atoms with E-state index in [2.05, 4.69) is 31.3 Å². The minimum absolute atomic E-state index is 0.187. The lowest BCUT2D eigenvalue weighted by Crippen LogP contribution is -2.27. The van der Waals surface area contributed by atoms with Crippen molar-refractivity contribution in [2.24, 2.45) is 11.7 Å². The molecule has 0 fully saturated rings. The zero-order valence-electron chi connectivity index (χ0n) is 18.2. The molecular formula is C23H30N2O5. The lowest BCUT2D eigenvalue weighted by atomic mass is 10.00. The Balaban J connectivity index is 2.18. The highest BCUT2D eigenvalue weighted by Crippen LogP contribution is 2.38. The Hall–Kier alpha value is -3.22. The van der Waals surface area contributed by atoms with E-state index in [0.717, 1.165) is 12.0 Å². The number of amides is 2. The van der Waals surface area contributed by atoms with Crippen LogP contribution in [-0.2, 0) is 11.2 Å². The van der Waals surface area contributed by atoms with E-state index < -0.39 is 5.91 Å². The van der Waals surface area contributed by atoms with Gasteiger partial charge in [-0.1, -0.05) is 38.1 Å². The number of methoxy groups -OCH3 is 2. The molecule has 2 rings (SSSR count). The van der Waals surface area contributed by atoms with Crippen molar-refractivity contribution in [3.05, 3.63) is 53.1 Å². The van der Waals surface area contributed by atoms with Gasteiger partial charge in [-0.15, -0.1) is 0 Å². The van der Waals surface area contributed by atoms with Gasteiger partial charge in [0, 0.05) is 5.56 Å². The molecule has 0 aliphatic heterocycles. The molecule has 2 aromatic carbocycles. The summed E-state index contributed by atoms with van der Waals surface area (Å²) in [5.74, 6) is 0.427. The van der Waals surface area contributed by atoms with Crippen LogP contribution in [0.15, 0.2) is 36.4 Å². The van der Waals surface area contributed by atoms with Crippen LogP contribution in [0, 0.1) is 5.92 Å². The van der Waals surface area contributed by atoms with Crippen LogP contribution in [0.5, 0.6) is 17.2 Å². The van der Waals surface area contributed by atoms with Crippen LogP contribution in [0.1, 0.15) is 48.3 Å². The average molecular weight is 415 g/mol. The number of carbonyl (C=O) groups excluding carboxylic acids is 2. The number of primary amides is 1. The van der Waals surface area contributed by atoms with Gasteiger partial charge in [0.25, 0.3) is 11.8 Å². The molecular weight excluding hydrogens is 384 g/mol. The van der Waals surface area contributed by atoms with Gasteiger partial charge < -0.3 is 25.3 Å². The van der Waals surface area contributed by atoms with E-state index in [4.69, 9.17) is 19.9 Å². The number of ether oxygens (including phenoxy) is 3. The molecule has 1 atom stereocenters. The van der Waals surface area contributed by atoms with E-state index in [9.17, 15) is 9.59 Å². The highest BCUT2D eigenvalue weighted by molar-refractivity contribution is 5.96. The summed E-state index contributed by atoms with van der Waals surface area (Å²) in [6.45, 7) is 5.96. The van der Waals surface area contributed by atoms with Crippen molar-refractivity contribution in [2.45, 2.75) is 33.2 Å². The third kappa shape index (κ3) is 6.14. The first-order valence-corrected chi connectivity index (χ1v) is 9.82. The molecule has 2 aromatic rings. The molecule has 0 unspecified atom stereocenters. The average Bonchev–Trinajstić information content (AvgIpc) is 2.71. The van der Waals surface area contributed by atoms with Gasteiger partial charge in [0.1, 0.15) is 0 Å². The fourth-order valence-corrected chi connectivity index (χ4v) is 3.07. The second kappa shape index (κ2) is 10.5. The first kappa shape index (κ1) is 23.1. The summed E-state index contributed by atoms with van der Waals surface area (Å²) >= 11 is 0. The fraction of sp³-hybridized carbons (Fsp3) is 0.391. The maximum absolute atomic E-state index is 12.8. The number of benzene rings is 2. The molecule has 7 heteroatoms. The topological polar surface area (TPSA) is 99.9 Å². The number of rotatable bonds is 10. The highest BCUT2D eigenvalue weighted by atomic mass is 16.5. The first-order chi connectivity index (χ1) is 14.2. The zero-order chi connectivity index (χ0) is 22.3. The summed E-state index contributed by atoms with van der Waals surface area (Å²) < 4.78 is 16.0. The second-order valence-corrected chi connectivity index (χ2v) is 7.50. The van der Waals surface area contributed by atoms with Crippen LogP contribution in [0.25, 0.3) is 0 Å². The Labute approximate surface area is 177 Å². The molecule has 0 spiro atoms. The van der Waals surface area contributed by atoms with Crippen molar-refractivity contribution in [1.82, 2.24) is 5.32 Å². The quantitative estimate of drug-likeness (QED) is 0.622. The zero-order valence-corrected chi connectivity index (χ0v) is 18.2. The molecule has 2 amide bonds.